The van der Waals surface area contributed by atoms with Crippen molar-refractivity contribution in [2.45, 2.75) is 78.8 Å². The highest BCUT2D eigenvalue weighted by Gasteiger charge is 2.17. The van der Waals surface area contributed by atoms with Gasteiger partial charge in [-0.1, -0.05) is 34.1 Å². The second-order valence-corrected chi connectivity index (χ2v) is 5.87. The lowest BCUT2D eigenvalue weighted by Crippen LogP contribution is -2.35. The molecule has 0 aromatic carbocycles. The molecule has 3 heteroatoms. The van der Waals surface area contributed by atoms with Gasteiger partial charge in [0.2, 0.25) is 0 Å². The molecule has 0 saturated carbocycles. The second-order valence-electron chi connectivity index (χ2n) is 5.87. The maximum atomic E-state index is 4.79. The topological polar surface area (TPSA) is 29.9 Å². The molecule has 116 valence electrons. The minimum Gasteiger partial charge on any atom is -0.314 e. The summed E-state index contributed by atoms with van der Waals surface area (Å²) in [7, 11) is 0. The third-order valence-electron chi connectivity index (χ3n) is 4.40. The molecule has 0 aliphatic carbocycles. The van der Waals surface area contributed by atoms with E-state index in [2.05, 4.69) is 56.9 Å². The summed E-state index contributed by atoms with van der Waals surface area (Å²) in [5.41, 5.74) is 1.24. The molecule has 1 rings (SSSR count). The fourth-order valence-electron chi connectivity index (χ4n) is 2.83. The van der Waals surface area contributed by atoms with Crippen molar-refractivity contribution in [1.82, 2.24) is 15.1 Å². The van der Waals surface area contributed by atoms with E-state index in [4.69, 9.17) is 5.10 Å². The van der Waals surface area contributed by atoms with Crippen molar-refractivity contribution in [3.05, 3.63) is 18.0 Å². The van der Waals surface area contributed by atoms with Gasteiger partial charge in [0.1, 0.15) is 0 Å². The number of nitrogens with one attached hydrogen (secondary N) is 1. The van der Waals surface area contributed by atoms with Gasteiger partial charge in [0.05, 0.1) is 11.7 Å². The summed E-state index contributed by atoms with van der Waals surface area (Å²) in [6, 6.07) is 3.32. The minimum absolute atomic E-state index is 0.555. The average Bonchev–Trinajstić information content (AvgIpc) is 2.92. The lowest BCUT2D eigenvalue weighted by molar-refractivity contribution is 0.355. The van der Waals surface area contributed by atoms with Crippen molar-refractivity contribution >= 4 is 0 Å². The number of hydrogen-bond donors (Lipinski definition) is 1. The standard InChI is InChI=1S/C17H33N3/c1-6-11-18-14(5)15(7-2)13-16-10-12-20(19-16)17(8-3)9-4/h10,12,14-15,17-18H,6-9,11,13H2,1-5H3. The Morgan fingerprint density at radius 2 is 1.85 bits per heavy atom. The first-order chi connectivity index (χ1) is 9.65. The molecular weight excluding hydrogens is 246 g/mol. The molecule has 3 nitrogen and oxygen atoms in total. The zero-order valence-electron chi connectivity index (χ0n) is 14.0. The van der Waals surface area contributed by atoms with E-state index in [1.807, 2.05) is 0 Å². The summed E-state index contributed by atoms with van der Waals surface area (Å²) >= 11 is 0. The molecular formula is C17H33N3. The van der Waals surface area contributed by atoms with Crippen molar-refractivity contribution in [3.8, 4) is 0 Å². The molecule has 2 atom stereocenters. The Balaban J connectivity index is 2.61. The van der Waals surface area contributed by atoms with E-state index >= 15 is 0 Å². The van der Waals surface area contributed by atoms with Crippen LogP contribution in [0.15, 0.2) is 12.3 Å². The Morgan fingerprint density at radius 3 is 2.40 bits per heavy atom. The van der Waals surface area contributed by atoms with Gasteiger partial charge in [-0.3, -0.25) is 4.68 Å². The van der Waals surface area contributed by atoms with E-state index in [0.717, 1.165) is 25.8 Å². The number of rotatable bonds is 10. The van der Waals surface area contributed by atoms with Gasteiger partial charge in [0.15, 0.2) is 0 Å². The van der Waals surface area contributed by atoms with Gasteiger partial charge in [-0.2, -0.15) is 5.10 Å². The summed E-state index contributed by atoms with van der Waals surface area (Å²) in [4.78, 5) is 0. The van der Waals surface area contributed by atoms with Crippen LogP contribution in [0, 0.1) is 5.92 Å². The van der Waals surface area contributed by atoms with Crippen LogP contribution in [0.25, 0.3) is 0 Å². The van der Waals surface area contributed by atoms with Crippen LogP contribution in [0.2, 0.25) is 0 Å². The zero-order chi connectivity index (χ0) is 15.0. The number of aromatic nitrogens is 2. The van der Waals surface area contributed by atoms with Crippen LogP contribution >= 0.6 is 0 Å². The normalized spacial score (nSPS) is 14.7. The van der Waals surface area contributed by atoms with Gasteiger partial charge in [-0.15, -0.1) is 0 Å². The lowest BCUT2D eigenvalue weighted by Gasteiger charge is -2.23. The van der Waals surface area contributed by atoms with Crippen molar-refractivity contribution in [3.63, 3.8) is 0 Å². The number of hydrogen-bond acceptors (Lipinski definition) is 2. The average molecular weight is 279 g/mol. The molecule has 1 aromatic heterocycles. The molecule has 0 spiro atoms. The van der Waals surface area contributed by atoms with Crippen LogP contribution in [0.5, 0.6) is 0 Å². The van der Waals surface area contributed by atoms with Crippen molar-refractivity contribution in [1.29, 1.82) is 0 Å². The Morgan fingerprint density at radius 1 is 1.15 bits per heavy atom. The molecule has 1 N–H and O–H groups in total. The lowest BCUT2D eigenvalue weighted by atomic mass is 9.93. The third kappa shape index (κ3) is 4.93. The summed E-state index contributed by atoms with van der Waals surface area (Å²) in [5.74, 6) is 0.673. The van der Waals surface area contributed by atoms with E-state index in [9.17, 15) is 0 Å². The first-order valence-electron chi connectivity index (χ1n) is 8.43. The van der Waals surface area contributed by atoms with Crippen molar-refractivity contribution in [2.24, 2.45) is 5.92 Å². The quantitative estimate of drug-likeness (QED) is 0.695. The Bertz CT molecular complexity index is 355. The molecule has 0 fully saturated rings. The minimum atomic E-state index is 0.555. The van der Waals surface area contributed by atoms with E-state index < -0.39 is 0 Å². The molecule has 0 amide bonds. The van der Waals surface area contributed by atoms with E-state index in [1.165, 1.54) is 18.5 Å². The first-order valence-corrected chi connectivity index (χ1v) is 8.43. The highest BCUT2D eigenvalue weighted by Crippen LogP contribution is 2.18. The fourth-order valence-corrected chi connectivity index (χ4v) is 2.83. The van der Waals surface area contributed by atoms with Gasteiger partial charge >= 0.3 is 0 Å². The molecule has 1 heterocycles. The molecule has 20 heavy (non-hydrogen) atoms. The van der Waals surface area contributed by atoms with Gasteiger partial charge in [0.25, 0.3) is 0 Å². The molecule has 2 unspecified atom stereocenters. The van der Waals surface area contributed by atoms with Gasteiger partial charge < -0.3 is 5.32 Å². The summed E-state index contributed by atoms with van der Waals surface area (Å²) in [6.45, 7) is 12.4. The van der Waals surface area contributed by atoms with E-state index in [-0.39, 0.29) is 0 Å². The van der Waals surface area contributed by atoms with Crippen LogP contribution in [0.1, 0.15) is 72.0 Å². The Labute approximate surface area is 125 Å². The fraction of sp³-hybridized carbons (Fsp3) is 0.824. The van der Waals surface area contributed by atoms with Crippen LogP contribution in [0.4, 0.5) is 0 Å². The number of nitrogens with zero attached hydrogens (tertiary/aromatic N) is 2. The predicted octanol–water partition coefficient (Wildman–Crippen LogP) is 4.20. The smallest absolute Gasteiger partial charge is 0.0628 e. The monoisotopic (exact) mass is 279 g/mol. The Kier molecular flexibility index (Phi) is 7.90. The van der Waals surface area contributed by atoms with E-state index in [0.29, 0.717) is 18.0 Å². The largest absolute Gasteiger partial charge is 0.314 e. The summed E-state index contributed by atoms with van der Waals surface area (Å²) in [5, 5.41) is 8.41. The van der Waals surface area contributed by atoms with Crippen LogP contribution in [-0.4, -0.2) is 22.4 Å². The second kappa shape index (κ2) is 9.17. The molecule has 0 bridgehead atoms. The predicted molar refractivity (Wildman–Crippen MR) is 87.1 cm³/mol. The molecule has 0 radical (unpaired) electrons. The van der Waals surface area contributed by atoms with E-state index in [1.54, 1.807) is 0 Å². The molecule has 1 aromatic rings. The highest BCUT2D eigenvalue weighted by atomic mass is 15.3. The first kappa shape index (κ1) is 17.2. The highest BCUT2D eigenvalue weighted by molar-refractivity contribution is 5.02. The molecule has 0 aliphatic rings. The van der Waals surface area contributed by atoms with Crippen molar-refractivity contribution in [2.75, 3.05) is 6.54 Å². The summed E-state index contributed by atoms with van der Waals surface area (Å²) < 4.78 is 2.16. The maximum absolute atomic E-state index is 4.79. The van der Waals surface area contributed by atoms with Gasteiger partial charge in [0, 0.05) is 12.2 Å². The third-order valence-corrected chi connectivity index (χ3v) is 4.40. The molecule has 0 aliphatic heterocycles. The maximum Gasteiger partial charge on any atom is 0.0628 e. The van der Waals surface area contributed by atoms with Gasteiger partial charge in [-0.05, 0) is 51.1 Å². The Hall–Kier alpha value is -0.830. The molecule has 0 saturated heterocycles. The SMILES string of the molecule is CCCNC(C)C(CC)Cc1ccn(C(CC)CC)n1. The van der Waals surface area contributed by atoms with Crippen LogP contribution in [-0.2, 0) is 6.42 Å². The van der Waals surface area contributed by atoms with Gasteiger partial charge in [-0.25, -0.2) is 0 Å². The zero-order valence-corrected chi connectivity index (χ0v) is 14.0. The van der Waals surface area contributed by atoms with Crippen molar-refractivity contribution < 1.29 is 0 Å². The van der Waals surface area contributed by atoms with Crippen LogP contribution in [0.3, 0.4) is 0 Å². The van der Waals surface area contributed by atoms with Crippen LogP contribution < -0.4 is 5.32 Å². The summed E-state index contributed by atoms with van der Waals surface area (Å²) in [6.07, 6.45) is 7.96.